The predicted molar refractivity (Wildman–Crippen MR) is 106 cm³/mol. The van der Waals surface area contributed by atoms with Gasteiger partial charge < -0.3 is 15.4 Å². The fourth-order valence-electron chi connectivity index (χ4n) is 3.13. The first-order chi connectivity index (χ1) is 13.4. The van der Waals surface area contributed by atoms with Crippen LogP contribution in [0.1, 0.15) is 40.1 Å². The highest BCUT2D eigenvalue weighted by Crippen LogP contribution is 2.27. The molecule has 7 nitrogen and oxygen atoms in total. The standard InChI is InChI=1S/C21H23N3O4/c1-13(2)24-19(25)17-8-7-15(12-18(17)20(24)26)23-21(27)22-10-9-14-5-4-6-16(11-14)28-3/h4-8,11-13H,9-10H2,1-3H3,(H2,22,23,27). The van der Waals surface area contributed by atoms with E-state index < -0.39 is 0 Å². The molecule has 0 aliphatic carbocycles. The van der Waals surface area contributed by atoms with Crippen LogP contribution in [0.15, 0.2) is 42.5 Å². The van der Waals surface area contributed by atoms with Gasteiger partial charge in [0.1, 0.15) is 5.75 Å². The van der Waals surface area contributed by atoms with Crippen molar-refractivity contribution in [2.24, 2.45) is 0 Å². The lowest BCUT2D eigenvalue weighted by Crippen LogP contribution is -2.35. The Morgan fingerprint density at radius 1 is 1.07 bits per heavy atom. The number of carbonyl (C=O) groups is 3. The summed E-state index contributed by atoms with van der Waals surface area (Å²) in [5.41, 5.74) is 2.19. The number of nitrogens with zero attached hydrogens (tertiary/aromatic N) is 1. The van der Waals surface area contributed by atoms with Crippen LogP contribution in [-0.4, -0.2) is 42.4 Å². The number of hydrogen-bond donors (Lipinski definition) is 2. The molecule has 0 bridgehead atoms. The Morgan fingerprint density at radius 3 is 2.54 bits per heavy atom. The van der Waals surface area contributed by atoms with Crippen molar-refractivity contribution in [3.63, 3.8) is 0 Å². The van der Waals surface area contributed by atoms with Gasteiger partial charge in [-0.2, -0.15) is 0 Å². The lowest BCUT2D eigenvalue weighted by atomic mass is 10.1. The molecule has 0 unspecified atom stereocenters. The number of fused-ring (bicyclic) bond motifs is 1. The molecule has 0 saturated carbocycles. The van der Waals surface area contributed by atoms with E-state index in [0.29, 0.717) is 29.8 Å². The minimum atomic E-state index is -0.375. The van der Waals surface area contributed by atoms with Crippen molar-refractivity contribution in [2.75, 3.05) is 19.0 Å². The van der Waals surface area contributed by atoms with Crippen LogP contribution in [-0.2, 0) is 6.42 Å². The smallest absolute Gasteiger partial charge is 0.319 e. The van der Waals surface area contributed by atoms with Gasteiger partial charge >= 0.3 is 6.03 Å². The summed E-state index contributed by atoms with van der Waals surface area (Å²) in [7, 11) is 1.61. The Labute approximate surface area is 163 Å². The van der Waals surface area contributed by atoms with Crippen LogP contribution in [0.2, 0.25) is 0 Å². The van der Waals surface area contributed by atoms with E-state index >= 15 is 0 Å². The van der Waals surface area contributed by atoms with Crippen LogP contribution in [0.3, 0.4) is 0 Å². The number of ether oxygens (including phenoxy) is 1. The van der Waals surface area contributed by atoms with Crippen LogP contribution in [0.25, 0.3) is 0 Å². The maximum Gasteiger partial charge on any atom is 0.319 e. The molecule has 4 amide bonds. The van der Waals surface area contributed by atoms with Gasteiger partial charge in [0, 0.05) is 18.3 Å². The summed E-state index contributed by atoms with van der Waals surface area (Å²) >= 11 is 0. The van der Waals surface area contributed by atoms with Gasteiger partial charge in [-0.05, 0) is 56.2 Å². The van der Waals surface area contributed by atoms with Gasteiger partial charge in [0.2, 0.25) is 0 Å². The summed E-state index contributed by atoms with van der Waals surface area (Å²) < 4.78 is 5.18. The molecule has 1 aliphatic heterocycles. The van der Waals surface area contributed by atoms with E-state index in [1.165, 1.54) is 4.90 Å². The molecule has 3 rings (SSSR count). The number of imide groups is 1. The molecule has 7 heteroatoms. The molecule has 0 fully saturated rings. The average molecular weight is 381 g/mol. The van der Waals surface area contributed by atoms with Crippen molar-refractivity contribution in [1.29, 1.82) is 0 Å². The van der Waals surface area contributed by atoms with Crippen molar-refractivity contribution in [2.45, 2.75) is 26.3 Å². The maximum atomic E-state index is 12.4. The van der Waals surface area contributed by atoms with Gasteiger partial charge in [0.05, 0.1) is 18.2 Å². The molecule has 0 saturated heterocycles. The second-order valence-electron chi connectivity index (χ2n) is 6.82. The van der Waals surface area contributed by atoms with Crippen LogP contribution in [0.4, 0.5) is 10.5 Å². The second-order valence-corrected chi connectivity index (χ2v) is 6.82. The number of methoxy groups -OCH3 is 1. The van der Waals surface area contributed by atoms with Crippen molar-refractivity contribution < 1.29 is 19.1 Å². The molecule has 2 aromatic rings. The quantitative estimate of drug-likeness (QED) is 0.753. The number of rotatable bonds is 6. The first-order valence-corrected chi connectivity index (χ1v) is 9.10. The number of urea groups is 1. The van der Waals surface area contributed by atoms with E-state index in [4.69, 9.17) is 4.74 Å². The zero-order chi connectivity index (χ0) is 20.3. The minimum Gasteiger partial charge on any atom is -0.497 e. The number of hydrogen-bond acceptors (Lipinski definition) is 4. The molecule has 0 atom stereocenters. The number of nitrogens with one attached hydrogen (secondary N) is 2. The van der Waals surface area contributed by atoms with Crippen LogP contribution in [0.5, 0.6) is 5.75 Å². The highest BCUT2D eigenvalue weighted by Gasteiger charge is 2.37. The monoisotopic (exact) mass is 381 g/mol. The highest BCUT2D eigenvalue weighted by atomic mass is 16.5. The second kappa shape index (κ2) is 8.12. The molecule has 1 aliphatic rings. The molecule has 0 spiro atoms. The molecular weight excluding hydrogens is 358 g/mol. The van der Waals surface area contributed by atoms with E-state index in [-0.39, 0.29) is 23.9 Å². The van der Waals surface area contributed by atoms with E-state index in [1.807, 2.05) is 24.3 Å². The molecule has 28 heavy (non-hydrogen) atoms. The number of amides is 4. The van der Waals surface area contributed by atoms with Gasteiger partial charge in [0.15, 0.2) is 0 Å². The average Bonchev–Trinajstić information content (AvgIpc) is 2.92. The first kappa shape index (κ1) is 19.4. The molecule has 146 valence electrons. The zero-order valence-corrected chi connectivity index (χ0v) is 16.1. The maximum absolute atomic E-state index is 12.4. The topological polar surface area (TPSA) is 87.7 Å². The minimum absolute atomic E-state index is 0.219. The van der Waals surface area contributed by atoms with E-state index in [2.05, 4.69) is 10.6 Å². The Morgan fingerprint density at radius 2 is 1.82 bits per heavy atom. The van der Waals surface area contributed by atoms with Crippen molar-refractivity contribution >= 4 is 23.5 Å². The van der Waals surface area contributed by atoms with Gasteiger partial charge in [-0.3, -0.25) is 14.5 Å². The largest absolute Gasteiger partial charge is 0.497 e. The van der Waals surface area contributed by atoms with E-state index in [1.54, 1.807) is 39.2 Å². The normalized spacial score (nSPS) is 12.9. The molecule has 2 N–H and O–H groups in total. The lowest BCUT2D eigenvalue weighted by Gasteiger charge is -2.17. The molecule has 0 aromatic heterocycles. The van der Waals surface area contributed by atoms with Crippen LogP contribution >= 0.6 is 0 Å². The van der Waals surface area contributed by atoms with Crippen molar-refractivity contribution in [1.82, 2.24) is 10.2 Å². The third-order valence-electron chi connectivity index (χ3n) is 4.53. The third-order valence-corrected chi connectivity index (χ3v) is 4.53. The Hall–Kier alpha value is -3.35. The summed E-state index contributed by atoms with van der Waals surface area (Å²) in [5.74, 6) is 0.135. The SMILES string of the molecule is COc1cccc(CCNC(=O)Nc2ccc3c(c2)C(=O)N(C(C)C)C3=O)c1. The van der Waals surface area contributed by atoms with Gasteiger partial charge in [-0.25, -0.2) is 4.79 Å². The van der Waals surface area contributed by atoms with Gasteiger partial charge in [-0.15, -0.1) is 0 Å². The molecular formula is C21H23N3O4. The number of carbonyl (C=O) groups excluding carboxylic acids is 3. The van der Waals surface area contributed by atoms with Crippen LogP contribution in [0, 0.1) is 0 Å². The fourth-order valence-corrected chi connectivity index (χ4v) is 3.13. The van der Waals surface area contributed by atoms with Gasteiger partial charge in [-0.1, -0.05) is 12.1 Å². The summed E-state index contributed by atoms with van der Waals surface area (Å²) in [6, 6.07) is 11.8. The summed E-state index contributed by atoms with van der Waals surface area (Å²) in [5, 5.41) is 5.48. The van der Waals surface area contributed by atoms with E-state index in [9.17, 15) is 14.4 Å². The van der Waals surface area contributed by atoms with Crippen LogP contribution < -0.4 is 15.4 Å². The summed E-state index contributed by atoms with van der Waals surface area (Å²) in [6.45, 7) is 4.02. The summed E-state index contributed by atoms with van der Waals surface area (Å²) in [4.78, 5) is 38.1. The molecule has 2 aromatic carbocycles. The highest BCUT2D eigenvalue weighted by molar-refractivity contribution is 6.22. The van der Waals surface area contributed by atoms with E-state index in [0.717, 1.165) is 11.3 Å². The Bertz CT molecular complexity index is 924. The first-order valence-electron chi connectivity index (χ1n) is 9.10. The Balaban J connectivity index is 1.58. The fraction of sp³-hybridized carbons (Fsp3) is 0.286. The molecule has 0 radical (unpaired) electrons. The zero-order valence-electron chi connectivity index (χ0n) is 16.1. The van der Waals surface area contributed by atoms with Crippen molar-refractivity contribution in [3.8, 4) is 5.75 Å². The molecule has 1 heterocycles. The van der Waals surface area contributed by atoms with Gasteiger partial charge in [0.25, 0.3) is 11.8 Å². The number of benzene rings is 2. The predicted octanol–water partition coefficient (Wildman–Crippen LogP) is 3.06. The van der Waals surface area contributed by atoms with Crippen molar-refractivity contribution in [3.05, 3.63) is 59.2 Å². The number of anilines is 1. The third kappa shape index (κ3) is 3.98. The Kier molecular flexibility index (Phi) is 5.63. The lowest BCUT2D eigenvalue weighted by molar-refractivity contribution is 0.0609. The summed E-state index contributed by atoms with van der Waals surface area (Å²) in [6.07, 6.45) is 0.658.